The summed E-state index contributed by atoms with van der Waals surface area (Å²) < 4.78 is 0. The van der Waals surface area contributed by atoms with Crippen LogP contribution in [0.4, 0.5) is 0 Å². The number of nitrogens with one attached hydrogen (secondary N) is 1. The summed E-state index contributed by atoms with van der Waals surface area (Å²) in [6, 6.07) is 3.57. The Bertz CT molecular complexity index is 485. The topological polar surface area (TPSA) is 94.6 Å². The average molecular weight is 235 g/mol. The molecule has 0 saturated heterocycles. The van der Waals surface area contributed by atoms with E-state index in [0.717, 1.165) is 17.3 Å². The summed E-state index contributed by atoms with van der Waals surface area (Å²) in [5.41, 5.74) is 0.850. The molecule has 0 amide bonds. The van der Waals surface area contributed by atoms with Crippen molar-refractivity contribution in [3.05, 3.63) is 24.5 Å². The Morgan fingerprint density at radius 1 is 1.44 bits per heavy atom. The van der Waals surface area contributed by atoms with Gasteiger partial charge >= 0.3 is 0 Å². The van der Waals surface area contributed by atoms with Crippen molar-refractivity contribution in [2.45, 2.75) is 5.16 Å². The first-order valence-corrected chi connectivity index (χ1v) is 5.40. The van der Waals surface area contributed by atoms with E-state index in [1.165, 1.54) is 0 Å². The molecule has 0 aliphatic heterocycles. The van der Waals surface area contributed by atoms with Crippen LogP contribution in [-0.4, -0.2) is 31.9 Å². The fraction of sp³-hybridized carbons (Fsp3) is 0.111. The van der Waals surface area contributed by atoms with Crippen molar-refractivity contribution in [2.24, 2.45) is 0 Å². The van der Waals surface area contributed by atoms with Crippen LogP contribution in [0, 0.1) is 0 Å². The number of carbonyl (C=O) groups is 1. The Morgan fingerprint density at radius 2 is 2.19 bits per heavy atom. The molecule has 0 unspecified atom stereocenters. The van der Waals surface area contributed by atoms with Crippen molar-refractivity contribution in [1.29, 1.82) is 0 Å². The Labute approximate surface area is 95.1 Å². The number of carboxylic acids is 1. The van der Waals surface area contributed by atoms with Gasteiger partial charge in [-0.3, -0.25) is 10.1 Å². The molecule has 2 rings (SSSR count). The number of carboxylic acid groups (broad SMARTS) is 1. The van der Waals surface area contributed by atoms with Crippen LogP contribution >= 0.6 is 11.8 Å². The van der Waals surface area contributed by atoms with Crippen molar-refractivity contribution in [2.75, 3.05) is 5.75 Å². The van der Waals surface area contributed by atoms with Gasteiger partial charge < -0.3 is 9.90 Å². The van der Waals surface area contributed by atoms with Crippen LogP contribution in [0.15, 0.2) is 29.7 Å². The van der Waals surface area contributed by atoms with Gasteiger partial charge in [-0.05, 0) is 12.1 Å². The van der Waals surface area contributed by atoms with Crippen molar-refractivity contribution >= 4 is 17.7 Å². The third-order valence-corrected chi connectivity index (χ3v) is 2.56. The highest BCUT2D eigenvalue weighted by Gasteiger charge is 2.05. The van der Waals surface area contributed by atoms with E-state index in [4.69, 9.17) is 0 Å². The van der Waals surface area contributed by atoms with Crippen LogP contribution in [0.1, 0.15) is 0 Å². The highest BCUT2D eigenvalue weighted by molar-refractivity contribution is 7.99. The quantitative estimate of drug-likeness (QED) is 0.732. The van der Waals surface area contributed by atoms with Crippen LogP contribution in [0.2, 0.25) is 0 Å². The van der Waals surface area contributed by atoms with E-state index < -0.39 is 5.97 Å². The molecule has 6 nitrogen and oxygen atoms in total. The molecule has 0 fully saturated rings. The number of hydrogen-bond donors (Lipinski definition) is 1. The van der Waals surface area contributed by atoms with E-state index in [1.54, 1.807) is 24.5 Å². The molecule has 0 aliphatic carbocycles. The maximum Gasteiger partial charge on any atom is 0.209 e. The highest BCUT2D eigenvalue weighted by Crippen LogP contribution is 2.17. The molecule has 0 aromatic carbocycles. The molecule has 2 aromatic heterocycles. The minimum absolute atomic E-state index is 0.159. The average Bonchev–Trinajstić information content (AvgIpc) is 2.76. The van der Waals surface area contributed by atoms with E-state index in [-0.39, 0.29) is 5.75 Å². The minimum atomic E-state index is -1.14. The van der Waals surface area contributed by atoms with Gasteiger partial charge in [0.25, 0.3) is 0 Å². The third kappa shape index (κ3) is 2.57. The van der Waals surface area contributed by atoms with Crippen LogP contribution < -0.4 is 5.11 Å². The number of hydrogen-bond acceptors (Lipinski definition) is 6. The number of aliphatic carboxylic acids is 1. The van der Waals surface area contributed by atoms with Gasteiger partial charge in [0.15, 0.2) is 5.82 Å². The lowest BCUT2D eigenvalue weighted by Gasteiger charge is -1.96. The lowest BCUT2D eigenvalue weighted by molar-refractivity contribution is -0.301. The Morgan fingerprint density at radius 3 is 2.88 bits per heavy atom. The summed E-state index contributed by atoms with van der Waals surface area (Å²) in [6.45, 7) is 0. The molecule has 0 radical (unpaired) electrons. The van der Waals surface area contributed by atoms with Gasteiger partial charge in [-0.1, -0.05) is 11.8 Å². The summed E-state index contributed by atoms with van der Waals surface area (Å²) in [5.74, 6) is -0.711. The van der Waals surface area contributed by atoms with Crippen LogP contribution in [0.25, 0.3) is 11.4 Å². The van der Waals surface area contributed by atoms with Crippen molar-refractivity contribution < 1.29 is 9.90 Å². The maximum absolute atomic E-state index is 10.2. The summed E-state index contributed by atoms with van der Waals surface area (Å²) in [6.07, 6.45) is 3.29. The molecule has 1 N–H and O–H groups in total. The first-order valence-electron chi connectivity index (χ1n) is 4.41. The van der Waals surface area contributed by atoms with Crippen molar-refractivity contribution in [3.8, 4) is 11.4 Å². The van der Waals surface area contributed by atoms with Crippen LogP contribution in [0.3, 0.4) is 0 Å². The molecule has 7 heteroatoms. The van der Waals surface area contributed by atoms with Gasteiger partial charge in [-0.2, -0.15) is 0 Å². The zero-order valence-corrected chi connectivity index (χ0v) is 8.90. The van der Waals surface area contributed by atoms with Crippen molar-refractivity contribution in [1.82, 2.24) is 20.2 Å². The Hall–Kier alpha value is -1.89. The number of carbonyl (C=O) groups excluding carboxylic acids is 1. The summed E-state index contributed by atoms with van der Waals surface area (Å²) in [7, 11) is 0. The molecule has 82 valence electrons. The molecule has 2 heterocycles. The number of nitrogens with zero attached hydrogens (tertiary/aromatic N) is 3. The summed E-state index contributed by atoms with van der Waals surface area (Å²) in [4.78, 5) is 18.3. The van der Waals surface area contributed by atoms with E-state index in [1.807, 2.05) is 0 Å². The molecule has 16 heavy (non-hydrogen) atoms. The SMILES string of the molecule is O=C([O-])CSc1n[nH]c(-c2ccncc2)n1. The molecule has 0 saturated carbocycles. The number of pyridine rings is 1. The Balaban J connectivity index is 2.11. The van der Waals surface area contributed by atoms with Gasteiger partial charge in [-0.25, -0.2) is 4.98 Å². The summed E-state index contributed by atoms with van der Waals surface area (Å²) in [5, 5.41) is 17.2. The Kier molecular flexibility index (Phi) is 3.16. The van der Waals surface area contributed by atoms with Gasteiger partial charge in [-0.15, -0.1) is 5.10 Å². The lowest BCUT2D eigenvalue weighted by atomic mass is 10.3. The molecule has 0 atom stereocenters. The molecule has 2 aromatic rings. The molecular weight excluding hydrogens is 228 g/mol. The largest absolute Gasteiger partial charge is 0.549 e. The lowest BCUT2D eigenvalue weighted by Crippen LogP contribution is -2.24. The molecule has 0 bridgehead atoms. The maximum atomic E-state index is 10.2. The van der Waals surface area contributed by atoms with Gasteiger partial charge in [0.05, 0.1) is 5.97 Å². The van der Waals surface area contributed by atoms with Crippen LogP contribution in [0.5, 0.6) is 0 Å². The second-order valence-electron chi connectivity index (χ2n) is 2.86. The zero-order valence-electron chi connectivity index (χ0n) is 8.08. The number of H-pyrrole nitrogens is 1. The van der Waals surface area contributed by atoms with Crippen molar-refractivity contribution in [3.63, 3.8) is 0 Å². The number of aromatic amines is 1. The normalized spacial score (nSPS) is 10.2. The highest BCUT2D eigenvalue weighted by atomic mass is 32.2. The molecule has 0 spiro atoms. The predicted molar refractivity (Wildman–Crippen MR) is 55.3 cm³/mol. The first-order chi connectivity index (χ1) is 7.75. The number of thioether (sulfide) groups is 1. The molecular formula is C9H7N4O2S-. The number of rotatable bonds is 4. The fourth-order valence-electron chi connectivity index (χ4n) is 1.07. The minimum Gasteiger partial charge on any atom is -0.549 e. The standard InChI is InChI=1S/C9H8N4O2S/c14-7(15)5-16-9-11-8(12-13-9)6-1-3-10-4-2-6/h1-4H,5H2,(H,14,15)(H,11,12,13)/p-1. The third-order valence-electron chi connectivity index (χ3n) is 1.74. The summed E-state index contributed by atoms with van der Waals surface area (Å²) >= 11 is 1.01. The second kappa shape index (κ2) is 4.75. The van der Waals surface area contributed by atoms with E-state index in [9.17, 15) is 9.90 Å². The van der Waals surface area contributed by atoms with Gasteiger partial charge in [0.2, 0.25) is 5.16 Å². The first kappa shape index (κ1) is 10.6. The smallest absolute Gasteiger partial charge is 0.209 e. The second-order valence-corrected chi connectivity index (χ2v) is 3.81. The van der Waals surface area contributed by atoms with Crippen LogP contribution in [-0.2, 0) is 4.79 Å². The zero-order chi connectivity index (χ0) is 11.4. The van der Waals surface area contributed by atoms with Gasteiger partial charge in [0, 0.05) is 23.7 Å². The fourth-order valence-corrected chi connectivity index (χ4v) is 1.59. The monoisotopic (exact) mass is 235 g/mol. The number of aromatic nitrogens is 4. The van der Waals surface area contributed by atoms with E-state index in [0.29, 0.717) is 11.0 Å². The molecule has 0 aliphatic rings. The predicted octanol–water partition coefficient (Wildman–Crippen LogP) is -0.291. The van der Waals surface area contributed by atoms with E-state index >= 15 is 0 Å². The van der Waals surface area contributed by atoms with Gasteiger partial charge in [0.1, 0.15) is 0 Å². The van der Waals surface area contributed by atoms with E-state index in [2.05, 4.69) is 20.2 Å².